The summed E-state index contributed by atoms with van der Waals surface area (Å²) in [5.41, 5.74) is 14.5. The number of nitrogens with zero attached hydrogens (tertiary/aromatic N) is 1. The second-order valence-corrected chi connectivity index (χ2v) is 16.2. The first kappa shape index (κ1) is 34.5. The minimum atomic E-state index is -0.495. The molecule has 1 aromatic heterocycles. The van der Waals surface area contributed by atoms with Crippen molar-refractivity contribution in [2.24, 2.45) is 10.9 Å². The number of fused-ring (bicyclic) bond motifs is 7. The summed E-state index contributed by atoms with van der Waals surface area (Å²) in [5.74, 6) is 0.143. The van der Waals surface area contributed by atoms with E-state index in [0.29, 0.717) is 0 Å². The van der Waals surface area contributed by atoms with Crippen molar-refractivity contribution in [2.45, 2.75) is 17.5 Å². The lowest BCUT2D eigenvalue weighted by molar-refractivity contribution is 0.449. The molecule has 0 amide bonds. The molecule has 0 saturated carbocycles. The Morgan fingerprint density at radius 2 is 1.13 bits per heavy atom. The molecule has 1 aliphatic heterocycles. The monoisotopic (exact) mass is 768 g/mol. The van der Waals surface area contributed by atoms with Gasteiger partial charge in [-0.1, -0.05) is 194 Å². The molecule has 3 aliphatic rings. The Hall–Kier alpha value is -7.49. The van der Waals surface area contributed by atoms with Crippen LogP contribution in [0.1, 0.15) is 33.7 Å². The Labute approximate surface area is 349 Å². The van der Waals surface area contributed by atoms with Crippen LogP contribution in [-0.2, 0) is 5.41 Å². The average molecular weight is 769 g/mol. The molecule has 0 fully saturated rings. The minimum absolute atomic E-state index is 0.0425. The average Bonchev–Trinajstić information content (AvgIpc) is 3.85. The number of hydrogen-bond acceptors (Lipinski definition) is 3. The molecule has 0 radical (unpaired) electrons. The molecular formula is C57H40N2O. The Balaban J connectivity index is 1.10. The standard InChI is InChI=1S/C57H40N2O/c1-5-18-37(19-6-1)39-23-17-24-41(34-39)53-55-54(47-30-15-16-31-50(47)60-55)59-56(58-53)42-32-33-46-48(36-42)57(43-25-9-3-10-26-43,44-27-11-4-12-28-44)49-35-40-22-13-14-29-45(40)51(52(46)49)38-20-7-2-8-21-38/h1-36,46,48,56,58H. The van der Waals surface area contributed by atoms with E-state index < -0.39 is 5.41 Å². The second-order valence-electron chi connectivity index (χ2n) is 16.2. The SMILES string of the molecule is C1=CC2c3c(cc4ccccc4c3-c3ccccc3)C(c3ccccc3)(c3ccccc3)C2C=C1C1N=c2c(oc3ccccc23)=C(c2cccc(-c3ccccc3)c2)N1. The largest absolute Gasteiger partial charge is 0.452 e. The highest BCUT2D eigenvalue weighted by Gasteiger charge is 2.54. The maximum atomic E-state index is 6.66. The van der Waals surface area contributed by atoms with Crippen LogP contribution in [0.15, 0.2) is 233 Å². The molecule has 2 heterocycles. The lowest BCUT2D eigenvalue weighted by Gasteiger charge is -2.40. The number of para-hydroxylation sites is 1. The molecule has 12 rings (SSSR count). The van der Waals surface area contributed by atoms with Crippen LogP contribution in [0.4, 0.5) is 0 Å². The Morgan fingerprint density at radius 1 is 0.533 bits per heavy atom. The highest BCUT2D eigenvalue weighted by Crippen LogP contribution is 2.62. The van der Waals surface area contributed by atoms with Crippen molar-refractivity contribution in [1.29, 1.82) is 0 Å². The van der Waals surface area contributed by atoms with Crippen molar-refractivity contribution in [2.75, 3.05) is 0 Å². The molecule has 2 aliphatic carbocycles. The van der Waals surface area contributed by atoms with Crippen molar-refractivity contribution in [3.8, 4) is 22.3 Å². The molecule has 3 unspecified atom stereocenters. The van der Waals surface area contributed by atoms with E-state index >= 15 is 0 Å². The van der Waals surface area contributed by atoms with Gasteiger partial charge in [0.1, 0.15) is 17.1 Å². The molecule has 3 atom stereocenters. The molecule has 0 spiro atoms. The first-order valence-corrected chi connectivity index (χ1v) is 20.9. The second kappa shape index (κ2) is 13.8. The summed E-state index contributed by atoms with van der Waals surface area (Å²) in [7, 11) is 0. The number of rotatable bonds is 6. The van der Waals surface area contributed by atoms with Crippen LogP contribution in [0, 0.1) is 5.92 Å². The lowest BCUT2D eigenvalue weighted by atomic mass is 9.62. The molecule has 8 aromatic carbocycles. The topological polar surface area (TPSA) is 37.5 Å². The summed E-state index contributed by atoms with van der Waals surface area (Å²) < 4.78 is 6.66. The Kier molecular flexibility index (Phi) is 7.96. The fraction of sp³-hybridized carbons (Fsp3) is 0.0702. The number of furan rings is 1. The molecule has 0 bridgehead atoms. The maximum absolute atomic E-state index is 6.66. The van der Waals surface area contributed by atoms with Gasteiger partial charge >= 0.3 is 0 Å². The summed E-state index contributed by atoms with van der Waals surface area (Å²) in [6.07, 6.45) is 7.01. The van der Waals surface area contributed by atoms with Crippen molar-refractivity contribution in [3.63, 3.8) is 0 Å². The Bertz CT molecular complexity index is 3250. The molecular weight excluding hydrogens is 729 g/mol. The van der Waals surface area contributed by atoms with Gasteiger partial charge in [-0.2, -0.15) is 0 Å². The van der Waals surface area contributed by atoms with E-state index in [1.807, 2.05) is 12.1 Å². The van der Waals surface area contributed by atoms with Crippen molar-refractivity contribution >= 4 is 27.4 Å². The van der Waals surface area contributed by atoms with Crippen LogP contribution in [0.2, 0.25) is 0 Å². The van der Waals surface area contributed by atoms with Crippen molar-refractivity contribution in [1.82, 2.24) is 5.32 Å². The van der Waals surface area contributed by atoms with Crippen molar-refractivity contribution in [3.05, 3.63) is 263 Å². The zero-order valence-corrected chi connectivity index (χ0v) is 32.9. The van der Waals surface area contributed by atoms with Gasteiger partial charge in [-0.05, 0) is 85.1 Å². The summed E-state index contributed by atoms with van der Waals surface area (Å²) >= 11 is 0. The van der Waals surface area contributed by atoms with E-state index in [9.17, 15) is 0 Å². The van der Waals surface area contributed by atoms with Gasteiger partial charge < -0.3 is 9.73 Å². The number of benzene rings is 8. The van der Waals surface area contributed by atoms with E-state index in [1.54, 1.807) is 0 Å². The van der Waals surface area contributed by atoms with Gasteiger partial charge in [0.15, 0.2) is 5.42 Å². The first-order valence-electron chi connectivity index (χ1n) is 20.9. The van der Waals surface area contributed by atoms with E-state index in [1.165, 1.54) is 49.7 Å². The van der Waals surface area contributed by atoms with Gasteiger partial charge in [0.2, 0.25) is 0 Å². The predicted octanol–water partition coefficient (Wildman–Crippen LogP) is 11.9. The van der Waals surface area contributed by atoms with Gasteiger partial charge in [0.25, 0.3) is 0 Å². The number of hydrogen-bond donors (Lipinski definition) is 1. The fourth-order valence-corrected chi connectivity index (χ4v) is 10.5. The summed E-state index contributed by atoms with van der Waals surface area (Å²) in [6, 6.07) is 72.4. The minimum Gasteiger partial charge on any atom is -0.452 e. The zero-order chi connectivity index (χ0) is 39.6. The smallest absolute Gasteiger partial charge is 0.177 e. The zero-order valence-electron chi connectivity index (χ0n) is 32.9. The van der Waals surface area contributed by atoms with Gasteiger partial charge in [-0.15, -0.1) is 0 Å². The highest BCUT2D eigenvalue weighted by atomic mass is 16.3. The van der Waals surface area contributed by atoms with Crippen LogP contribution in [0.3, 0.4) is 0 Å². The van der Waals surface area contributed by atoms with Crippen LogP contribution < -0.4 is 16.1 Å². The van der Waals surface area contributed by atoms with Crippen LogP contribution in [0.5, 0.6) is 0 Å². The predicted molar refractivity (Wildman–Crippen MR) is 244 cm³/mol. The molecule has 3 nitrogen and oxygen atoms in total. The van der Waals surface area contributed by atoms with Crippen molar-refractivity contribution < 1.29 is 4.42 Å². The van der Waals surface area contributed by atoms with E-state index in [4.69, 9.17) is 9.41 Å². The molecule has 9 aromatic rings. The van der Waals surface area contributed by atoms with Crippen LogP contribution in [0.25, 0.3) is 49.7 Å². The van der Waals surface area contributed by atoms with Crippen LogP contribution in [-0.4, -0.2) is 6.17 Å². The van der Waals surface area contributed by atoms with Gasteiger partial charge in [0, 0.05) is 22.8 Å². The van der Waals surface area contributed by atoms with E-state index in [-0.39, 0.29) is 18.0 Å². The molecule has 284 valence electrons. The van der Waals surface area contributed by atoms with Gasteiger partial charge in [-0.3, -0.25) is 4.99 Å². The van der Waals surface area contributed by atoms with Gasteiger partial charge in [0.05, 0.1) is 11.1 Å². The van der Waals surface area contributed by atoms with Gasteiger partial charge in [-0.25, -0.2) is 0 Å². The Morgan fingerprint density at radius 3 is 1.87 bits per heavy atom. The van der Waals surface area contributed by atoms with E-state index in [2.05, 4.69) is 212 Å². The molecule has 3 heteroatoms. The third-order valence-electron chi connectivity index (χ3n) is 13.0. The molecule has 0 saturated heterocycles. The normalized spacial score (nSPS) is 18.6. The summed E-state index contributed by atoms with van der Waals surface area (Å²) in [4.78, 5) is 5.53. The third kappa shape index (κ3) is 5.25. The quantitative estimate of drug-likeness (QED) is 0.183. The molecule has 1 N–H and O–H groups in total. The van der Waals surface area contributed by atoms with Crippen LogP contribution >= 0.6 is 0 Å². The van der Waals surface area contributed by atoms with E-state index in [0.717, 1.165) is 44.1 Å². The molecule has 60 heavy (non-hydrogen) atoms. The highest BCUT2D eigenvalue weighted by molar-refractivity contribution is 6.01. The third-order valence-corrected chi connectivity index (χ3v) is 13.0. The lowest BCUT2D eigenvalue weighted by Crippen LogP contribution is -2.43. The number of allylic oxidation sites excluding steroid dienone is 2. The number of nitrogens with one attached hydrogen (secondary N) is 1. The maximum Gasteiger partial charge on any atom is 0.177 e. The first-order chi connectivity index (χ1) is 29.8. The fourth-order valence-electron chi connectivity index (χ4n) is 10.5. The summed E-state index contributed by atoms with van der Waals surface area (Å²) in [6.45, 7) is 0. The summed E-state index contributed by atoms with van der Waals surface area (Å²) in [5, 5.41) is 8.37.